The van der Waals surface area contributed by atoms with Gasteiger partial charge < -0.3 is 14.8 Å². The number of carbonyl (C=O) groups excluding carboxylic acids is 1. The Kier molecular flexibility index (Phi) is 4.61. The van der Waals surface area contributed by atoms with Crippen LogP contribution < -0.4 is 10.2 Å². The maximum Gasteiger partial charge on any atom is 0.269 e. The molecule has 1 aliphatic rings. The lowest BCUT2D eigenvalue weighted by Gasteiger charge is -2.33. The quantitative estimate of drug-likeness (QED) is 0.884. The van der Waals surface area contributed by atoms with Crippen LogP contribution in [0.15, 0.2) is 29.3 Å². The minimum absolute atomic E-state index is 0.0761. The van der Waals surface area contributed by atoms with Gasteiger partial charge in [-0.25, -0.2) is 14.4 Å². The molecule has 0 saturated carbocycles. The molecule has 1 N–H and O–H groups in total. The molecule has 0 aliphatic carbocycles. The summed E-state index contributed by atoms with van der Waals surface area (Å²) in [4.78, 5) is 22.2. The number of amides is 1. The van der Waals surface area contributed by atoms with Gasteiger partial charge in [0.05, 0.1) is 12.5 Å². The van der Waals surface area contributed by atoms with E-state index in [1.807, 2.05) is 4.90 Å². The summed E-state index contributed by atoms with van der Waals surface area (Å²) in [6.45, 7) is 1.31. The molecule has 23 heavy (non-hydrogen) atoms. The number of hydrogen-bond donors (Lipinski definition) is 1. The number of imidazole rings is 1. The standard InChI is InChI=1S/C15H17BrFN5O/c1-21-9-18-8-13(21)15(23)20-11-2-4-22(5-3-11)14-12(17)6-10(16)7-19-14/h6-9,11H,2-5H2,1H3,(H,20,23). The Hall–Kier alpha value is -1.96. The Bertz CT molecular complexity index is 712. The van der Waals surface area contributed by atoms with Gasteiger partial charge in [-0.3, -0.25) is 4.79 Å². The van der Waals surface area contributed by atoms with Gasteiger partial charge in [0.15, 0.2) is 11.6 Å². The average Bonchev–Trinajstić information content (AvgIpc) is 2.95. The molecular formula is C15H17BrFN5O. The Morgan fingerprint density at radius 2 is 2.13 bits per heavy atom. The summed E-state index contributed by atoms with van der Waals surface area (Å²) in [6, 6.07) is 1.49. The number of nitrogens with zero attached hydrogens (tertiary/aromatic N) is 4. The third kappa shape index (κ3) is 3.52. The highest BCUT2D eigenvalue weighted by molar-refractivity contribution is 9.10. The molecule has 122 valence electrons. The first kappa shape index (κ1) is 15.9. The first-order valence-corrected chi connectivity index (χ1v) is 8.17. The molecule has 0 atom stereocenters. The predicted molar refractivity (Wildman–Crippen MR) is 87.8 cm³/mol. The molecule has 1 aliphatic heterocycles. The van der Waals surface area contributed by atoms with Gasteiger partial charge in [0.2, 0.25) is 0 Å². The smallest absolute Gasteiger partial charge is 0.269 e. The van der Waals surface area contributed by atoms with Crippen LogP contribution in [-0.2, 0) is 7.05 Å². The summed E-state index contributed by atoms with van der Waals surface area (Å²) >= 11 is 3.21. The second-order valence-corrected chi connectivity index (χ2v) is 6.50. The molecule has 0 unspecified atom stereocenters. The molecule has 0 bridgehead atoms. The molecule has 2 aromatic rings. The lowest BCUT2D eigenvalue weighted by atomic mass is 10.0. The molecule has 8 heteroatoms. The van der Waals surface area contributed by atoms with E-state index in [0.29, 0.717) is 29.1 Å². The predicted octanol–water partition coefficient (Wildman–Crippen LogP) is 2.12. The molecule has 1 saturated heterocycles. The maximum absolute atomic E-state index is 14.0. The summed E-state index contributed by atoms with van der Waals surface area (Å²) in [6.07, 6.45) is 6.24. The van der Waals surface area contributed by atoms with Crippen molar-refractivity contribution >= 4 is 27.7 Å². The zero-order chi connectivity index (χ0) is 16.4. The van der Waals surface area contributed by atoms with Crippen molar-refractivity contribution in [2.45, 2.75) is 18.9 Å². The fraction of sp³-hybridized carbons (Fsp3) is 0.400. The van der Waals surface area contributed by atoms with E-state index in [0.717, 1.165) is 12.8 Å². The van der Waals surface area contributed by atoms with E-state index in [4.69, 9.17) is 0 Å². The van der Waals surface area contributed by atoms with E-state index in [1.54, 1.807) is 30.3 Å². The van der Waals surface area contributed by atoms with Gasteiger partial charge in [-0.1, -0.05) is 0 Å². The van der Waals surface area contributed by atoms with Crippen LogP contribution >= 0.6 is 15.9 Å². The lowest BCUT2D eigenvalue weighted by molar-refractivity contribution is 0.0922. The molecule has 3 rings (SSSR count). The zero-order valence-electron chi connectivity index (χ0n) is 12.7. The van der Waals surface area contributed by atoms with Crippen molar-refractivity contribution in [3.63, 3.8) is 0 Å². The second kappa shape index (κ2) is 6.66. The van der Waals surface area contributed by atoms with E-state index in [-0.39, 0.29) is 17.8 Å². The molecule has 1 amide bonds. The average molecular weight is 382 g/mol. The molecule has 2 aromatic heterocycles. The molecule has 6 nitrogen and oxygen atoms in total. The Labute approximate surface area is 141 Å². The van der Waals surface area contributed by atoms with E-state index < -0.39 is 0 Å². The van der Waals surface area contributed by atoms with E-state index >= 15 is 0 Å². The normalized spacial score (nSPS) is 15.7. The summed E-state index contributed by atoms with van der Waals surface area (Å²) < 4.78 is 16.3. The van der Waals surface area contributed by atoms with E-state index in [9.17, 15) is 9.18 Å². The third-order valence-electron chi connectivity index (χ3n) is 3.97. The van der Waals surface area contributed by atoms with Crippen LogP contribution in [0.5, 0.6) is 0 Å². The number of nitrogens with one attached hydrogen (secondary N) is 1. The third-order valence-corrected chi connectivity index (χ3v) is 4.40. The van der Waals surface area contributed by atoms with Crippen LogP contribution in [0.3, 0.4) is 0 Å². The van der Waals surface area contributed by atoms with Crippen LogP contribution in [0.25, 0.3) is 0 Å². The highest BCUT2D eigenvalue weighted by Crippen LogP contribution is 2.23. The molecule has 3 heterocycles. The molecule has 0 radical (unpaired) electrons. The van der Waals surface area contributed by atoms with Gasteiger partial charge in [-0.15, -0.1) is 0 Å². The number of aryl methyl sites for hydroxylation is 1. The first-order chi connectivity index (χ1) is 11.0. The highest BCUT2D eigenvalue weighted by Gasteiger charge is 2.24. The monoisotopic (exact) mass is 381 g/mol. The Morgan fingerprint density at radius 3 is 2.74 bits per heavy atom. The summed E-state index contributed by atoms with van der Waals surface area (Å²) in [7, 11) is 1.78. The second-order valence-electron chi connectivity index (χ2n) is 5.58. The van der Waals surface area contributed by atoms with E-state index in [1.165, 1.54) is 6.07 Å². The number of halogens is 2. The van der Waals surface area contributed by atoms with Crippen molar-refractivity contribution in [1.29, 1.82) is 0 Å². The highest BCUT2D eigenvalue weighted by atomic mass is 79.9. The van der Waals surface area contributed by atoms with Gasteiger partial charge in [-0.2, -0.15) is 0 Å². The summed E-state index contributed by atoms with van der Waals surface area (Å²) in [5, 5.41) is 3.01. The molecule has 0 spiro atoms. The van der Waals surface area contributed by atoms with Crippen LogP contribution in [0, 0.1) is 5.82 Å². The first-order valence-electron chi connectivity index (χ1n) is 7.38. The number of carbonyl (C=O) groups is 1. The zero-order valence-corrected chi connectivity index (χ0v) is 14.3. The summed E-state index contributed by atoms with van der Waals surface area (Å²) in [5.74, 6) is -0.0993. The number of rotatable bonds is 3. The van der Waals surface area contributed by atoms with Gasteiger partial charge in [0.25, 0.3) is 5.91 Å². The molecular weight excluding hydrogens is 365 g/mol. The fourth-order valence-corrected chi connectivity index (χ4v) is 3.01. The van der Waals surface area contributed by atoms with Gasteiger partial charge in [0.1, 0.15) is 5.69 Å². The van der Waals surface area contributed by atoms with Crippen LogP contribution in [0.4, 0.5) is 10.2 Å². The van der Waals surface area contributed by atoms with Gasteiger partial charge in [0, 0.05) is 36.8 Å². The Morgan fingerprint density at radius 1 is 1.39 bits per heavy atom. The topological polar surface area (TPSA) is 63.1 Å². The van der Waals surface area contributed by atoms with Crippen molar-refractivity contribution in [2.24, 2.45) is 7.05 Å². The van der Waals surface area contributed by atoms with Crippen LogP contribution in [0.2, 0.25) is 0 Å². The minimum atomic E-state index is -0.336. The van der Waals surface area contributed by atoms with Crippen molar-refractivity contribution in [3.8, 4) is 0 Å². The van der Waals surface area contributed by atoms with Crippen molar-refractivity contribution in [1.82, 2.24) is 19.9 Å². The fourth-order valence-electron chi connectivity index (χ4n) is 2.71. The van der Waals surface area contributed by atoms with Gasteiger partial charge >= 0.3 is 0 Å². The molecule has 0 aromatic carbocycles. The van der Waals surface area contributed by atoms with Gasteiger partial charge in [-0.05, 0) is 34.8 Å². The van der Waals surface area contributed by atoms with Crippen molar-refractivity contribution < 1.29 is 9.18 Å². The maximum atomic E-state index is 14.0. The number of hydrogen-bond acceptors (Lipinski definition) is 4. The number of anilines is 1. The SMILES string of the molecule is Cn1cncc1C(=O)NC1CCN(c2ncc(Br)cc2F)CC1. The largest absolute Gasteiger partial charge is 0.354 e. The van der Waals surface area contributed by atoms with Crippen LogP contribution in [0.1, 0.15) is 23.3 Å². The minimum Gasteiger partial charge on any atom is -0.354 e. The lowest BCUT2D eigenvalue weighted by Crippen LogP contribution is -2.45. The Balaban J connectivity index is 1.58. The van der Waals surface area contributed by atoms with Crippen molar-refractivity contribution in [2.75, 3.05) is 18.0 Å². The number of piperidine rings is 1. The number of pyridine rings is 1. The van der Waals surface area contributed by atoms with E-state index in [2.05, 4.69) is 31.2 Å². The number of aromatic nitrogens is 3. The van der Waals surface area contributed by atoms with Crippen LogP contribution in [-0.4, -0.2) is 39.6 Å². The van der Waals surface area contributed by atoms with Crippen molar-refractivity contribution in [3.05, 3.63) is 40.8 Å². The summed E-state index contributed by atoms with van der Waals surface area (Å²) in [5.41, 5.74) is 0.535. The molecule has 1 fully saturated rings.